The molecular formula is C22H20ClFN4O3. The fourth-order valence-electron chi connectivity index (χ4n) is 3.49. The summed E-state index contributed by atoms with van der Waals surface area (Å²) in [6.45, 7) is 1.53. The van der Waals surface area contributed by atoms with Crippen LogP contribution >= 0.6 is 11.6 Å². The Hall–Kier alpha value is -3.39. The molecule has 160 valence electrons. The van der Waals surface area contributed by atoms with Crippen molar-refractivity contribution in [3.63, 3.8) is 0 Å². The highest BCUT2D eigenvalue weighted by Crippen LogP contribution is 2.34. The molecule has 3 N–H and O–H groups in total. The summed E-state index contributed by atoms with van der Waals surface area (Å²) in [6.07, 6.45) is 3.17. The minimum Gasteiger partial charge on any atom is -0.419 e. The van der Waals surface area contributed by atoms with E-state index in [4.69, 9.17) is 21.8 Å². The van der Waals surface area contributed by atoms with Gasteiger partial charge in [0.15, 0.2) is 5.69 Å². The molecular weight excluding hydrogens is 423 g/mol. The summed E-state index contributed by atoms with van der Waals surface area (Å²) >= 11 is 6.06. The van der Waals surface area contributed by atoms with Crippen LogP contribution in [0.25, 0.3) is 11.5 Å². The van der Waals surface area contributed by atoms with Gasteiger partial charge in [0, 0.05) is 24.3 Å². The second-order valence-electron chi connectivity index (χ2n) is 7.21. The number of amides is 2. The zero-order chi connectivity index (χ0) is 22.0. The van der Waals surface area contributed by atoms with Gasteiger partial charge in [-0.2, -0.15) is 0 Å². The van der Waals surface area contributed by atoms with Gasteiger partial charge in [-0.05, 0) is 55.7 Å². The molecule has 1 saturated heterocycles. The molecule has 0 unspecified atom stereocenters. The summed E-state index contributed by atoms with van der Waals surface area (Å²) in [5, 5.41) is 3.00. The first kappa shape index (κ1) is 20.9. The van der Waals surface area contributed by atoms with Gasteiger partial charge in [-0.3, -0.25) is 9.59 Å². The molecule has 0 bridgehead atoms. The van der Waals surface area contributed by atoms with Crippen LogP contribution in [-0.4, -0.2) is 34.8 Å². The monoisotopic (exact) mass is 442 g/mol. The SMILES string of the molecule is NC(=O)c1nc(-c2c(F)cccc2Cl)oc1Nc1ccc(C(=O)N2CCCCC2)cc1. The number of hydrogen-bond acceptors (Lipinski definition) is 5. The van der Waals surface area contributed by atoms with Crippen LogP contribution in [0.3, 0.4) is 0 Å². The van der Waals surface area contributed by atoms with E-state index in [9.17, 15) is 14.0 Å². The van der Waals surface area contributed by atoms with Gasteiger partial charge in [-0.25, -0.2) is 9.37 Å². The molecule has 1 fully saturated rings. The minimum atomic E-state index is -0.846. The number of carbonyl (C=O) groups is 2. The Balaban J connectivity index is 1.58. The summed E-state index contributed by atoms with van der Waals surface area (Å²) in [7, 11) is 0. The maximum absolute atomic E-state index is 14.2. The van der Waals surface area contributed by atoms with Crippen LogP contribution in [0.2, 0.25) is 5.02 Å². The Bertz CT molecular complexity index is 1100. The zero-order valence-electron chi connectivity index (χ0n) is 16.5. The van der Waals surface area contributed by atoms with Gasteiger partial charge < -0.3 is 20.4 Å². The molecule has 1 aromatic heterocycles. The zero-order valence-corrected chi connectivity index (χ0v) is 17.3. The van der Waals surface area contributed by atoms with Crippen LogP contribution in [0.15, 0.2) is 46.9 Å². The lowest BCUT2D eigenvalue weighted by Crippen LogP contribution is -2.35. The molecule has 3 aromatic rings. The molecule has 7 nitrogen and oxygen atoms in total. The molecule has 31 heavy (non-hydrogen) atoms. The number of piperidine rings is 1. The van der Waals surface area contributed by atoms with E-state index in [1.54, 1.807) is 24.3 Å². The lowest BCUT2D eigenvalue weighted by Gasteiger charge is -2.26. The second kappa shape index (κ2) is 8.77. The first-order valence-corrected chi connectivity index (χ1v) is 10.2. The van der Waals surface area contributed by atoms with Crippen LogP contribution < -0.4 is 11.1 Å². The Labute approximate surface area is 183 Å². The summed E-state index contributed by atoms with van der Waals surface area (Å²) < 4.78 is 19.8. The van der Waals surface area contributed by atoms with Crippen molar-refractivity contribution in [3.05, 3.63) is 64.6 Å². The Morgan fingerprint density at radius 1 is 1.10 bits per heavy atom. The lowest BCUT2D eigenvalue weighted by molar-refractivity contribution is 0.0724. The molecule has 0 spiro atoms. The highest BCUT2D eigenvalue weighted by atomic mass is 35.5. The van der Waals surface area contributed by atoms with Gasteiger partial charge >= 0.3 is 0 Å². The topological polar surface area (TPSA) is 101 Å². The molecule has 4 rings (SSSR count). The molecule has 0 saturated carbocycles. The van der Waals surface area contributed by atoms with Crippen molar-refractivity contribution in [1.82, 2.24) is 9.88 Å². The normalized spacial score (nSPS) is 13.8. The van der Waals surface area contributed by atoms with Crippen molar-refractivity contribution in [1.29, 1.82) is 0 Å². The number of primary amides is 1. The Morgan fingerprint density at radius 2 is 1.81 bits per heavy atom. The van der Waals surface area contributed by atoms with Gasteiger partial charge in [0.2, 0.25) is 11.8 Å². The third-order valence-electron chi connectivity index (χ3n) is 5.07. The fraction of sp³-hybridized carbons (Fsp3) is 0.227. The lowest BCUT2D eigenvalue weighted by atomic mass is 10.1. The number of nitrogens with zero attached hydrogens (tertiary/aromatic N) is 2. The number of oxazole rings is 1. The van der Waals surface area contributed by atoms with Crippen molar-refractivity contribution in [3.8, 4) is 11.5 Å². The van der Waals surface area contributed by atoms with Crippen molar-refractivity contribution in [2.24, 2.45) is 5.73 Å². The Morgan fingerprint density at radius 3 is 2.45 bits per heavy atom. The van der Waals surface area contributed by atoms with Gasteiger partial charge in [0.1, 0.15) is 5.82 Å². The number of hydrogen-bond donors (Lipinski definition) is 2. The predicted molar refractivity (Wildman–Crippen MR) is 115 cm³/mol. The standard InChI is InChI=1S/C22H20ClFN4O3/c23-15-5-4-6-16(24)17(15)20-27-18(19(25)29)21(31-20)26-14-9-7-13(8-10-14)22(30)28-11-2-1-3-12-28/h4-10,26H,1-3,11-12H2,(H2,25,29). The third-order valence-corrected chi connectivity index (χ3v) is 5.39. The number of nitrogens with one attached hydrogen (secondary N) is 1. The molecule has 9 heteroatoms. The highest BCUT2D eigenvalue weighted by molar-refractivity contribution is 6.33. The van der Waals surface area contributed by atoms with Gasteiger partial charge in [0.05, 0.1) is 10.6 Å². The molecule has 0 atom stereocenters. The molecule has 0 radical (unpaired) electrons. The summed E-state index contributed by atoms with van der Waals surface area (Å²) in [5.41, 5.74) is 6.25. The average molecular weight is 443 g/mol. The summed E-state index contributed by atoms with van der Waals surface area (Å²) in [4.78, 5) is 30.3. The molecule has 2 amide bonds. The smallest absolute Gasteiger partial charge is 0.273 e. The number of aromatic nitrogens is 1. The molecule has 0 aliphatic carbocycles. The van der Waals surface area contributed by atoms with E-state index in [0.717, 1.165) is 32.4 Å². The number of benzene rings is 2. The van der Waals surface area contributed by atoms with Crippen LogP contribution in [0.4, 0.5) is 16.0 Å². The van der Waals surface area contributed by atoms with Gasteiger partial charge in [-0.15, -0.1) is 0 Å². The van der Waals surface area contributed by atoms with Crippen molar-refractivity contribution in [2.45, 2.75) is 19.3 Å². The van der Waals surface area contributed by atoms with Crippen LogP contribution in [0.5, 0.6) is 0 Å². The van der Waals surface area contributed by atoms with Crippen molar-refractivity contribution in [2.75, 3.05) is 18.4 Å². The first-order chi connectivity index (χ1) is 14.9. The van der Waals surface area contributed by atoms with Crippen LogP contribution in [0.1, 0.15) is 40.1 Å². The highest BCUT2D eigenvalue weighted by Gasteiger charge is 2.23. The van der Waals surface area contributed by atoms with E-state index in [1.165, 1.54) is 18.2 Å². The van der Waals surface area contributed by atoms with E-state index in [0.29, 0.717) is 11.3 Å². The number of nitrogens with two attached hydrogens (primary N) is 1. The van der Waals surface area contributed by atoms with E-state index >= 15 is 0 Å². The largest absolute Gasteiger partial charge is 0.419 e. The van der Waals surface area contributed by atoms with E-state index in [1.807, 2.05) is 4.90 Å². The van der Waals surface area contributed by atoms with E-state index in [-0.39, 0.29) is 34.0 Å². The van der Waals surface area contributed by atoms with E-state index in [2.05, 4.69) is 10.3 Å². The fourth-order valence-corrected chi connectivity index (χ4v) is 3.73. The molecule has 1 aliphatic heterocycles. The van der Waals surface area contributed by atoms with Gasteiger partial charge in [0.25, 0.3) is 11.8 Å². The third kappa shape index (κ3) is 4.39. The van der Waals surface area contributed by atoms with Crippen molar-refractivity contribution >= 4 is 35.0 Å². The number of likely N-dealkylation sites (tertiary alicyclic amines) is 1. The van der Waals surface area contributed by atoms with E-state index < -0.39 is 11.7 Å². The minimum absolute atomic E-state index is 0.0137. The predicted octanol–water partition coefficient (Wildman–Crippen LogP) is 4.60. The quantitative estimate of drug-likeness (QED) is 0.601. The number of carbonyl (C=O) groups excluding carboxylic acids is 2. The van der Waals surface area contributed by atoms with Crippen LogP contribution in [-0.2, 0) is 0 Å². The second-order valence-corrected chi connectivity index (χ2v) is 7.62. The first-order valence-electron chi connectivity index (χ1n) is 9.85. The van der Waals surface area contributed by atoms with Gasteiger partial charge in [-0.1, -0.05) is 17.7 Å². The maximum atomic E-state index is 14.2. The Kier molecular flexibility index (Phi) is 5.90. The van der Waals surface area contributed by atoms with Crippen LogP contribution in [0, 0.1) is 5.82 Å². The maximum Gasteiger partial charge on any atom is 0.273 e. The summed E-state index contributed by atoms with van der Waals surface area (Å²) in [5.74, 6) is -1.72. The molecule has 2 heterocycles. The number of rotatable bonds is 5. The number of anilines is 2. The number of halogens is 2. The molecule has 1 aliphatic rings. The molecule has 2 aromatic carbocycles. The average Bonchev–Trinajstić information content (AvgIpc) is 3.18. The van der Waals surface area contributed by atoms with Crippen molar-refractivity contribution < 1.29 is 18.4 Å². The summed E-state index contributed by atoms with van der Waals surface area (Å²) in [6, 6.07) is 10.9.